The fourth-order valence-corrected chi connectivity index (χ4v) is 2.93. The molecule has 1 heterocycles. The Bertz CT molecular complexity index is 993. The van der Waals surface area contributed by atoms with Crippen LogP contribution in [0, 0.1) is 0 Å². The van der Waals surface area contributed by atoms with Crippen molar-refractivity contribution in [2.75, 3.05) is 13.7 Å². The Morgan fingerprint density at radius 2 is 1.80 bits per heavy atom. The number of rotatable bonds is 9. The molecule has 0 aliphatic rings. The second-order valence-corrected chi connectivity index (χ2v) is 6.44. The lowest BCUT2D eigenvalue weighted by molar-refractivity contribution is -0.152. The molecule has 0 amide bonds. The zero-order chi connectivity index (χ0) is 21.3. The topological polar surface area (TPSA) is 90.8 Å². The van der Waals surface area contributed by atoms with E-state index in [9.17, 15) is 9.90 Å². The summed E-state index contributed by atoms with van der Waals surface area (Å²) in [6.45, 7) is 2.12. The zero-order valence-corrected chi connectivity index (χ0v) is 16.9. The number of aromatic nitrogens is 2. The van der Waals surface area contributed by atoms with Gasteiger partial charge in [0.05, 0.1) is 25.0 Å². The van der Waals surface area contributed by atoms with Crippen LogP contribution in [0.15, 0.2) is 60.8 Å². The van der Waals surface area contributed by atoms with Crippen molar-refractivity contribution in [3.05, 3.63) is 72.1 Å². The lowest BCUT2D eigenvalue weighted by Gasteiger charge is -2.14. The second-order valence-electron chi connectivity index (χ2n) is 6.44. The Morgan fingerprint density at radius 3 is 2.57 bits per heavy atom. The molecule has 1 N–H and O–H groups in total. The average Bonchev–Trinajstić information content (AvgIpc) is 2.78. The number of ether oxygens (including phenoxy) is 3. The maximum atomic E-state index is 11.7. The van der Waals surface area contributed by atoms with Gasteiger partial charge in [0.2, 0.25) is 0 Å². The van der Waals surface area contributed by atoms with Crippen LogP contribution in [0.5, 0.6) is 11.5 Å². The van der Waals surface area contributed by atoms with Gasteiger partial charge in [-0.15, -0.1) is 0 Å². The van der Waals surface area contributed by atoms with Gasteiger partial charge in [0.25, 0.3) is 0 Å². The first-order valence-corrected chi connectivity index (χ1v) is 9.63. The standard InChI is InChI=1S/C23H24N2O5/c1-3-29-23(27)19(26)14-16-8-4-6-10-20(16)30-15-17-12-13-24-22(25-17)18-9-5-7-11-21(18)28-2/h4-13,19,26H,3,14-15H2,1-2H3. The summed E-state index contributed by atoms with van der Waals surface area (Å²) in [5.41, 5.74) is 2.18. The van der Waals surface area contributed by atoms with Crippen LogP contribution in [0.4, 0.5) is 0 Å². The Kier molecular flexibility index (Phi) is 7.34. The van der Waals surface area contributed by atoms with Crippen LogP contribution < -0.4 is 9.47 Å². The third kappa shape index (κ3) is 5.33. The first kappa shape index (κ1) is 21.3. The quantitative estimate of drug-likeness (QED) is 0.544. The minimum atomic E-state index is -1.24. The highest BCUT2D eigenvalue weighted by Gasteiger charge is 2.19. The fraction of sp³-hybridized carbons (Fsp3) is 0.261. The van der Waals surface area contributed by atoms with E-state index in [1.54, 1.807) is 38.4 Å². The summed E-state index contributed by atoms with van der Waals surface area (Å²) in [6, 6.07) is 16.5. The molecule has 3 rings (SSSR count). The van der Waals surface area contributed by atoms with Gasteiger partial charge < -0.3 is 19.3 Å². The Hall–Kier alpha value is -3.45. The van der Waals surface area contributed by atoms with E-state index < -0.39 is 12.1 Å². The number of benzene rings is 2. The van der Waals surface area contributed by atoms with E-state index in [1.165, 1.54) is 0 Å². The highest BCUT2D eigenvalue weighted by atomic mass is 16.5. The van der Waals surface area contributed by atoms with Gasteiger partial charge in [-0.05, 0) is 36.8 Å². The van der Waals surface area contributed by atoms with E-state index in [4.69, 9.17) is 14.2 Å². The minimum absolute atomic E-state index is 0.102. The largest absolute Gasteiger partial charge is 0.496 e. The third-order valence-electron chi connectivity index (χ3n) is 4.38. The summed E-state index contributed by atoms with van der Waals surface area (Å²) in [5, 5.41) is 10.1. The zero-order valence-electron chi connectivity index (χ0n) is 16.9. The Labute approximate surface area is 175 Å². The van der Waals surface area contributed by atoms with Crippen molar-refractivity contribution in [1.82, 2.24) is 9.97 Å². The Balaban J connectivity index is 1.73. The molecule has 0 aliphatic heterocycles. The summed E-state index contributed by atoms with van der Waals surface area (Å²) in [7, 11) is 1.60. The summed E-state index contributed by atoms with van der Waals surface area (Å²) in [4.78, 5) is 20.6. The summed E-state index contributed by atoms with van der Waals surface area (Å²) in [5.74, 6) is 1.15. The van der Waals surface area contributed by atoms with Crippen molar-refractivity contribution in [3.8, 4) is 22.9 Å². The molecule has 0 spiro atoms. The van der Waals surface area contributed by atoms with Crippen LogP contribution in [0.1, 0.15) is 18.2 Å². The molecule has 1 aromatic heterocycles. The molecule has 156 valence electrons. The van der Waals surface area contributed by atoms with Crippen LogP contribution in [-0.2, 0) is 22.6 Å². The molecule has 0 radical (unpaired) electrons. The van der Waals surface area contributed by atoms with Gasteiger partial charge in [-0.1, -0.05) is 30.3 Å². The van der Waals surface area contributed by atoms with E-state index >= 15 is 0 Å². The molecule has 0 saturated heterocycles. The molecule has 30 heavy (non-hydrogen) atoms. The van der Waals surface area contributed by atoms with Crippen LogP contribution in [0.25, 0.3) is 11.4 Å². The first-order chi connectivity index (χ1) is 14.6. The number of para-hydroxylation sites is 2. The average molecular weight is 408 g/mol. The van der Waals surface area contributed by atoms with Crippen LogP contribution in [-0.4, -0.2) is 40.9 Å². The molecule has 1 atom stereocenters. The predicted molar refractivity (Wildman–Crippen MR) is 111 cm³/mol. The van der Waals surface area contributed by atoms with Crippen molar-refractivity contribution < 1.29 is 24.1 Å². The van der Waals surface area contributed by atoms with Crippen molar-refractivity contribution >= 4 is 5.97 Å². The molecule has 3 aromatic rings. The summed E-state index contributed by atoms with van der Waals surface area (Å²) in [6.07, 6.45) is 0.528. The number of carbonyl (C=O) groups is 1. The molecule has 0 saturated carbocycles. The van der Waals surface area contributed by atoms with Gasteiger partial charge in [-0.3, -0.25) is 0 Å². The normalized spacial score (nSPS) is 11.6. The number of nitrogens with zero attached hydrogens (tertiary/aromatic N) is 2. The molecule has 2 aromatic carbocycles. The predicted octanol–water partition coefficient (Wildman–Crippen LogP) is 3.20. The number of methoxy groups -OCH3 is 1. The monoisotopic (exact) mass is 408 g/mol. The van der Waals surface area contributed by atoms with Gasteiger partial charge >= 0.3 is 5.97 Å². The lowest BCUT2D eigenvalue weighted by atomic mass is 10.1. The van der Waals surface area contributed by atoms with Gasteiger partial charge in [0, 0.05) is 12.6 Å². The van der Waals surface area contributed by atoms with Crippen molar-refractivity contribution in [3.63, 3.8) is 0 Å². The smallest absolute Gasteiger partial charge is 0.335 e. The molecule has 0 aliphatic carbocycles. The highest BCUT2D eigenvalue weighted by molar-refractivity contribution is 5.74. The van der Waals surface area contributed by atoms with E-state index in [1.807, 2.05) is 36.4 Å². The maximum Gasteiger partial charge on any atom is 0.335 e. The van der Waals surface area contributed by atoms with Crippen LogP contribution in [0.2, 0.25) is 0 Å². The molecule has 0 bridgehead atoms. The van der Waals surface area contributed by atoms with Crippen LogP contribution in [0.3, 0.4) is 0 Å². The minimum Gasteiger partial charge on any atom is -0.496 e. The number of aliphatic hydroxyl groups excluding tert-OH is 1. The molecule has 7 heteroatoms. The van der Waals surface area contributed by atoms with Crippen LogP contribution >= 0.6 is 0 Å². The van der Waals surface area contributed by atoms with Crippen molar-refractivity contribution in [2.24, 2.45) is 0 Å². The van der Waals surface area contributed by atoms with E-state index in [2.05, 4.69) is 9.97 Å². The number of hydrogen-bond acceptors (Lipinski definition) is 7. The van der Waals surface area contributed by atoms with Crippen molar-refractivity contribution in [2.45, 2.75) is 26.1 Å². The van der Waals surface area contributed by atoms with Gasteiger partial charge in [0.1, 0.15) is 18.1 Å². The maximum absolute atomic E-state index is 11.7. The van der Waals surface area contributed by atoms with E-state index in [-0.39, 0.29) is 19.6 Å². The lowest BCUT2D eigenvalue weighted by Crippen LogP contribution is -2.25. The highest BCUT2D eigenvalue weighted by Crippen LogP contribution is 2.27. The molecule has 0 fully saturated rings. The first-order valence-electron chi connectivity index (χ1n) is 9.63. The molecular weight excluding hydrogens is 384 g/mol. The fourth-order valence-electron chi connectivity index (χ4n) is 2.93. The van der Waals surface area contributed by atoms with Crippen molar-refractivity contribution in [1.29, 1.82) is 0 Å². The number of carbonyl (C=O) groups excluding carboxylic acids is 1. The second kappa shape index (κ2) is 10.4. The van der Waals surface area contributed by atoms with Gasteiger partial charge in [-0.2, -0.15) is 0 Å². The van der Waals surface area contributed by atoms with Gasteiger partial charge in [0.15, 0.2) is 11.9 Å². The van der Waals surface area contributed by atoms with E-state index in [0.29, 0.717) is 28.6 Å². The SMILES string of the molecule is CCOC(=O)C(O)Cc1ccccc1OCc1ccnc(-c2ccccc2OC)n1. The summed E-state index contributed by atoms with van der Waals surface area (Å²) < 4.78 is 16.2. The summed E-state index contributed by atoms with van der Waals surface area (Å²) >= 11 is 0. The number of hydrogen-bond donors (Lipinski definition) is 1. The third-order valence-corrected chi connectivity index (χ3v) is 4.38. The Morgan fingerprint density at radius 1 is 1.07 bits per heavy atom. The van der Waals surface area contributed by atoms with Gasteiger partial charge in [-0.25, -0.2) is 14.8 Å². The van der Waals surface area contributed by atoms with E-state index in [0.717, 1.165) is 5.56 Å². The molecule has 1 unspecified atom stereocenters. The molecular formula is C23H24N2O5. The molecule has 7 nitrogen and oxygen atoms in total. The number of aliphatic hydroxyl groups is 1. The number of esters is 1.